The lowest BCUT2D eigenvalue weighted by molar-refractivity contribution is -0.139. The summed E-state index contributed by atoms with van der Waals surface area (Å²) in [6.07, 6.45) is 3.32. The van der Waals surface area contributed by atoms with Gasteiger partial charge in [0, 0.05) is 0 Å². The molecule has 0 saturated carbocycles. The predicted octanol–water partition coefficient (Wildman–Crippen LogP) is 4.14. The molecule has 0 radical (unpaired) electrons. The summed E-state index contributed by atoms with van der Waals surface area (Å²) in [6.45, 7) is 3.80. The first-order valence-electron chi connectivity index (χ1n) is 9.84. The standard InChI is InChI=1S/C23H24N2O5/c1-3-8-19-18(23(28)25(24-19)17-9-6-5-7-10-17)13-16-11-12-20(30-15-22(26)27)21(14-16)29-4-2/h5-7,9-14H,3-4,8,15H2,1-2H3,(H,26,27)/b18-13-. The number of para-hydroxylation sites is 1. The Morgan fingerprint density at radius 1 is 1.10 bits per heavy atom. The molecule has 0 aromatic heterocycles. The van der Waals surface area contributed by atoms with Crippen molar-refractivity contribution in [3.8, 4) is 11.5 Å². The van der Waals surface area contributed by atoms with Gasteiger partial charge in [-0.3, -0.25) is 4.79 Å². The van der Waals surface area contributed by atoms with E-state index in [0.29, 0.717) is 35.8 Å². The molecular weight excluding hydrogens is 384 g/mol. The van der Waals surface area contributed by atoms with E-state index in [4.69, 9.17) is 14.6 Å². The zero-order valence-electron chi connectivity index (χ0n) is 17.0. The lowest BCUT2D eigenvalue weighted by Crippen LogP contribution is -2.21. The van der Waals surface area contributed by atoms with Gasteiger partial charge in [-0.1, -0.05) is 37.6 Å². The van der Waals surface area contributed by atoms with Gasteiger partial charge in [0.05, 0.1) is 23.6 Å². The molecule has 0 aliphatic carbocycles. The van der Waals surface area contributed by atoms with Crippen LogP contribution in [0.4, 0.5) is 5.69 Å². The maximum atomic E-state index is 13.1. The van der Waals surface area contributed by atoms with Crippen molar-refractivity contribution in [2.75, 3.05) is 18.2 Å². The van der Waals surface area contributed by atoms with Crippen LogP contribution in [0.5, 0.6) is 11.5 Å². The van der Waals surface area contributed by atoms with Crippen LogP contribution < -0.4 is 14.5 Å². The van der Waals surface area contributed by atoms with Crippen molar-refractivity contribution >= 4 is 29.4 Å². The monoisotopic (exact) mass is 408 g/mol. The molecule has 1 aliphatic rings. The molecule has 3 rings (SSSR count). The first-order valence-corrected chi connectivity index (χ1v) is 9.84. The van der Waals surface area contributed by atoms with Gasteiger partial charge >= 0.3 is 5.97 Å². The number of hydrogen-bond donors (Lipinski definition) is 1. The number of rotatable bonds is 9. The molecule has 0 bridgehead atoms. The fourth-order valence-corrected chi connectivity index (χ4v) is 3.08. The van der Waals surface area contributed by atoms with E-state index in [9.17, 15) is 9.59 Å². The third kappa shape index (κ3) is 4.86. The molecule has 0 saturated heterocycles. The Morgan fingerprint density at radius 2 is 1.87 bits per heavy atom. The number of aliphatic carboxylic acids is 1. The van der Waals surface area contributed by atoms with Gasteiger partial charge in [0.15, 0.2) is 18.1 Å². The third-order valence-electron chi connectivity index (χ3n) is 4.37. The maximum Gasteiger partial charge on any atom is 0.341 e. The van der Waals surface area contributed by atoms with Gasteiger partial charge in [-0.05, 0) is 49.2 Å². The highest BCUT2D eigenvalue weighted by Crippen LogP contribution is 2.31. The summed E-state index contributed by atoms with van der Waals surface area (Å²) >= 11 is 0. The molecule has 1 aliphatic heterocycles. The van der Waals surface area contributed by atoms with Crippen LogP contribution in [-0.2, 0) is 9.59 Å². The summed E-state index contributed by atoms with van der Waals surface area (Å²) in [5, 5.41) is 14.8. The number of carboxylic acid groups (broad SMARTS) is 1. The van der Waals surface area contributed by atoms with E-state index in [0.717, 1.165) is 17.7 Å². The van der Waals surface area contributed by atoms with Gasteiger partial charge in [0.2, 0.25) is 0 Å². The first-order chi connectivity index (χ1) is 14.5. The molecule has 0 spiro atoms. The number of carbonyl (C=O) groups excluding carboxylic acids is 1. The Morgan fingerprint density at radius 3 is 2.53 bits per heavy atom. The van der Waals surface area contributed by atoms with E-state index in [1.807, 2.05) is 44.2 Å². The van der Waals surface area contributed by atoms with E-state index in [1.54, 1.807) is 24.3 Å². The molecule has 2 aromatic rings. The van der Waals surface area contributed by atoms with Gasteiger partial charge in [0.1, 0.15) is 0 Å². The summed E-state index contributed by atoms with van der Waals surface area (Å²) in [4.78, 5) is 23.9. The maximum absolute atomic E-state index is 13.1. The van der Waals surface area contributed by atoms with Crippen molar-refractivity contribution in [1.82, 2.24) is 0 Å². The summed E-state index contributed by atoms with van der Waals surface area (Å²) in [5.74, 6) is -0.490. The smallest absolute Gasteiger partial charge is 0.341 e. The van der Waals surface area contributed by atoms with Crippen molar-refractivity contribution in [3.63, 3.8) is 0 Å². The quantitative estimate of drug-likeness (QED) is 0.630. The van der Waals surface area contributed by atoms with Gasteiger partial charge in [-0.15, -0.1) is 0 Å². The lowest BCUT2D eigenvalue weighted by Gasteiger charge is -2.12. The minimum atomic E-state index is -1.07. The van der Waals surface area contributed by atoms with Crippen molar-refractivity contribution in [2.45, 2.75) is 26.7 Å². The number of benzene rings is 2. The Hall–Kier alpha value is -3.61. The van der Waals surface area contributed by atoms with E-state index in [1.165, 1.54) is 5.01 Å². The number of anilines is 1. The van der Waals surface area contributed by atoms with E-state index in [2.05, 4.69) is 5.10 Å². The molecule has 1 N–H and O–H groups in total. The third-order valence-corrected chi connectivity index (χ3v) is 4.37. The first kappa shape index (κ1) is 21.1. The van der Waals surface area contributed by atoms with E-state index in [-0.39, 0.29) is 5.91 Å². The fourth-order valence-electron chi connectivity index (χ4n) is 3.08. The average molecular weight is 408 g/mol. The number of amides is 1. The number of nitrogens with zero attached hydrogens (tertiary/aromatic N) is 2. The molecule has 1 heterocycles. The van der Waals surface area contributed by atoms with Crippen LogP contribution in [-0.4, -0.2) is 35.9 Å². The zero-order chi connectivity index (χ0) is 21.5. The normalized spacial score (nSPS) is 14.7. The van der Waals surface area contributed by atoms with E-state index >= 15 is 0 Å². The predicted molar refractivity (Wildman–Crippen MR) is 115 cm³/mol. The summed E-state index contributed by atoms with van der Waals surface area (Å²) < 4.78 is 10.9. The fraction of sp³-hybridized carbons (Fsp3) is 0.261. The molecule has 30 heavy (non-hydrogen) atoms. The molecule has 2 aromatic carbocycles. The van der Waals surface area contributed by atoms with Crippen LogP contribution in [0.25, 0.3) is 6.08 Å². The molecule has 156 valence electrons. The number of hydrazone groups is 1. The number of ether oxygens (including phenoxy) is 2. The summed E-state index contributed by atoms with van der Waals surface area (Å²) in [6, 6.07) is 14.4. The van der Waals surface area contributed by atoms with Crippen LogP contribution in [0.1, 0.15) is 32.3 Å². The number of carboxylic acids is 1. The minimum absolute atomic E-state index is 0.186. The zero-order valence-corrected chi connectivity index (χ0v) is 17.0. The van der Waals surface area contributed by atoms with Crippen LogP contribution in [0, 0.1) is 0 Å². The van der Waals surface area contributed by atoms with Crippen molar-refractivity contribution in [1.29, 1.82) is 0 Å². The van der Waals surface area contributed by atoms with E-state index < -0.39 is 12.6 Å². The second kappa shape index (κ2) is 9.73. The highest BCUT2D eigenvalue weighted by Gasteiger charge is 2.30. The number of carbonyl (C=O) groups is 2. The molecule has 0 unspecified atom stereocenters. The van der Waals surface area contributed by atoms with Crippen LogP contribution in [0.3, 0.4) is 0 Å². The van der Waals surface area contributed by atoms with Crippen LogP contribution in [0.15, 0.2) is 59.2 Å². The Labute approximate surface area is 175 Å². The van der Waals surface area contributed by atoms with Crippen LogP contribution >= 0.6 is 0 Å². The summed E-state index contributed by atoms with van der Waals surface area (Å²) in [5.41, 5.74) is 2.72. The van der Waals surface area contributed by atoms with Gasteiger partial charge < -0.3 is 14.6 Å². The molecular formula is C23H24N2O5. The summed E-state index contributed by atoms with van der Waals surface area (Å²) in [7, 11) is 0. The van der Waals surface area contributed by atoms with Crippen molar-refractivity contribution in [3.05, 3.63) is 59.7 Å². The lowest BCUT2D eigenvalue weighted by atomic mass is 10.0. The molecule has 1 amide bonds. The van der Waals surface area contributed by atoms with Crippen LogP contribution in [0.2, 0.25) is 0 Å². The van der Waals surface area contributed by atoms with Crippen molar-refractivity contribution in [2.24, 2.45) is 5.10 Å². The highest BCUT2D eigenvalue weighted by molar-refractivity contribution is 6.32. The van der Waals surface area contributed by atoms with Gasteiger partial charge in [-0.2, -0.15) is 10.1 Å². The van der Waals surface area contributed by atoms with Gasteiger partial charge in [0.25, 0.3) is 5.91 Å². The molecule has 0 fully saturated rings. The number of hydrogen-bond acceptors (Lipinski definition) is 5. The highest BCUT2D eigenvalue weighted by atomic mass is 16.5. The minimum Gasteiger partial charge on any atom is -0.490 e. The second-order valence-electron chi connectivity index (χ2n) is 6.63. The molecule has 0 atom stereocenters. The Balaban J connectivity index is 1.93. The largest absolute Gasteiger partial charge is 0.490 e. The molecule has 7 heteroatoms. The topological polar surface area (TPSA) is 88.4 Å². The second-order valence-corrected chi connectivity index (χ2v) is 6.63. The average Bonchev–Trinajstić information content (AvgIpc) is 3.04. The van der Waals surface area contributed by atoms with Crippen molar-refractivity contribution < 1.29 is 24.2 Å². The van der Waals surface area contributed by atoms with Gasteiger partial charge in [-0.25, -0.2) is 4.79 Å². The Kier molecular flexibility index (Phi) is 6.85. The SMILES string of the molecule is CCCC1=NN(c2ccccc2)C(=O)/C1=C\c1ccc(OCC(=O)O)c(OCC)c1. The molecule has 7 nitrogen and oxygen atoms in total. The Bertz CT molecular complexity index is 982.